The second-order valence-electron chi connectivity index (χ2n) is 14.3. The molecule has 4 N–H and O–H groups in total. The van der Waals surface area contributed by atoms with Crippen LogP contribution in [0.3, 0.4) is 0 Å². The van der Waals surface area contributed by atoms with Gasteiger partial charge in [0.2, 0.25) is 11.8 Å². The maximum atomic E-state index is 14.3. The first-order valence-corrected chi connectivity index (χ1v) is 17.7. The van der Waals surface area contributed by atoms with Gasteiger partial charge < -0.3 is 39.6 Å². The Morgan fingerprint density at radius 3 is 2.70 bits per heavy atom. The molecule has 7 atom stereocenters. The van der Waals surface area contributed by atoms with E-state index in [0.29, 0.717) is 53.1 Å². The van der Waals surface area contributed by atoms with Gasteiger partial charge >= 0.3 is 0 Å². The minimum Gasteiger partial charge on any atom is -0.493 e. The van der Waals surface area contributed by atoms with Crippen molar-refractivity contribution in [3.05, 3.63) is 70.9 Å². The Morgan fingerprint density at radius 1 is 1.18 bits per heavy atom. The van der Waals surface area contributed by atoms with Gasteiger partial charge in [0, 0.05) is 47.4 Å². The lowest BCUT2D eigenvalue weighted by Gasteiger charge is -2.41. The number of hydrogen-bond donors (Lipinski definition) is 4. The van der Waals surface area contributed by atoms with Crippen molar-refractivity contribution >= 4 is 29.0 Å². The molecule has 0 spiro atoms. The molecule has 1 aromatic heterocycles. The number of ether oxygens (including phenoxy) is 3. The number of aldehydes is 1. The number of carbonyl (C=O) groups excluding carboxylic acids is 3. The number of aliphatic hydroxyl groups excluding tert-OH is 2. The van der Waals surface area contributed by atoms with Crippen LogP contribution < -0.4 is 14.8 Å². The number of amides is 2. The van der Waals surface area contributed by atoms with Crippen molar-refractivity contribution in [2.75, 3.05) is 33.4 Å². The number of H-pyrrole nitrogens is 1. The predicted octanol–water partition coefficient (Wildman–Crippen LogP) is 4.16. The highest BCUT2D eigenvalue weighted by Gasteiger charge is 2.51. The number of para-hydroxylation sites is 1. The molecule has 2 heterocycles. The zero-order chi connectivity index (χ0) is 35.5. The fraction of sp³-hybridized carbons (Fsp3) is 0.513. The molecule has 0 radical (unpaired) electrons. The number of aromatic amines is 1. The molecule has 3 aromatic rings. The molecule has 50 heavy (non-hydrogen) atoms. The zero-order valence-electron chi connectivity index (χ0n) is 29.3. The van der Waals surface area contributed by atoms with Crippen molar-refractivity contribution in [2.24, 2.45) is 17.8 Å². The average molecular weight is 688 g/mol. The van der Waals surface area contributed by atoms with E-state index >= 15 is 0 Å². The van der Waals surface area contributed by atoms with Crippen molar-refractivity contribution in [1.29, 1.82) is 0 Å². The molecule has 268 valence electrons. The maximum absolute atomic E-state index is 14.3. The first-order valence-electron chi connectivity index (χ1n) is 17.7. The third-order valence-electron chi connectivity index (χ3n) is 10.7. The molecule has 0 bridgehead atoms. The molecule has 1 fully saturated rings. The van der Waals surface area contributed by atoms with E-state index < -0.39 is 30.1 Å². The molecule has 2 aromatic carbocycles. The molecule has 0 saturated heterocycles. The van der Waals surface area contributed by atoms with Gasteiger partial charge in [-0.1, -0.05) is 45.4 Å². The Kier molecular flexibility index (Phi) is 11.0. The SMILES string of the molecule is COc1cc(C=O)cc2c1O[C@@H]1[C@@H](O)[C@H](N(CCc3cc4ccccc4[nH]3)C(=O)CO[C@H]3C[C@@H](C)CC[C@@H]3C(C)C)C=C(C(=O)NCCO)[C@H]21. The second kappa shape index (κ2) is 15.4. The minimum atomic E-state index is -1.24. The number of nitrogens with zero attached hydrogens (tertiary/aromatic N) is 1. The molecular formula is C39H49N3O8. The smallest absolute Gasteiger partial charge is 0.249 e. The van der Waals surface area contributed by atoms with Gasteiger partial charge in [0.05, 0.1) is 31.8 Å². The summed E-state index contributed by atoms with van der Waals surface area (Å²) < 4.78 is 18.3. The van der Waals surface area contributed by atoms with Gasteiger partial charge in [-0.3, -0.25) is 14.4 Å². The summed E-state index contributed by atoms with van der Waals surface area (Å²) in [6.45, 7) is 6.43. The van der Waals surface area contributed by atoms with Gasteiger partial charge in [-0.05, 0) is 66.3 Å². The summed E-state index contributed by atoms with van der Waals surface area (Å²) in [5.41, 5.74) is 3.05. The third kappa shape index (κ3) is 7.17. The van der Waals surface area contributed by atoms with Gasteiger partial charge in [-0.2, -0.15) is 0 Å². The monoisotopic (exact) mass is 687 g/mol. The summed E-state index contributed by atoms with van der Waals surface area (Å²) in [7, 11) is 1.46. The van der Waals surface area contributed by atoms with E-state index in [1.807, 2.05) is 24.3 Å². The highest BCUT2D eigenvalue weighted by atomic mass is 16.5. The summed E-state index contributed by atoms with van der Waals surface area (Å²) >= 11 is 0. The van der Waals surface area contributed by atoms with Crippen LogP contribution in [0.2, 0.25) is 0 Å². The number of aliphatic hydroxyl groups is 2. The van der Waals surface area contributed by atoms with Crippen LogP contribution in [0.4, 0.5) is 0 Å². The van der Waals surface area contributed by atoms with Crippen molar-refractivity contribution in [3.8, 4) is 11.5 Å². The van der Waals surface area contributed by atoms with E-state index in [0.717, 1.165) is 35.9 Å². The molecule has 11 heteroatoms. The molecule has 2 amide bonds. The molecule has 11 nitrogen and oxygen atoms in total. The Morgan fingerprint density at radius 2 is 1.98 bits per heavy atom. The number of rotatable bonds is 13. The number of aromatic nitrogens is 1. The molecule has 1 aliphatic heterocycles. The lowest BCUT2D eigenvalue weighted by molar-refractivity contribution is -0.147. The topological polar surface area (TPSA) is 150 Å². The highest BCUT2D eigenvalue weighted by Crippen LogP contribution is 2.51. The Bertz CT molecular complexity index is 1700. The first kappa shape index (κ1) is 35.6. The normalized spacial score (nSPS) is 25.7. The number of methoxy groups -OCH3 is 1. The largest absolute Gasteiger partial charge is 0.493 e. The minimum absolute atomic E-state index is 0.0138. The molecular weight excluding hydrogens is 638 g/mol. The quantitative estimate of drug-likeness (QED) is 0.196. The Balaban J connectivity index is 1.35. The van der Waals surface area contributed by atoms with E-state index in [4.69, 9.17) is 14.2 Å². The second-order valence-corrected chi connectivity index (χ2v) is 14.3. The first-order chi connectivity index (χ1) is 24.1. The van der Waals surface area contributed by atoms with E-state index in [1.165, 1.54) is 7.11 Å². The number of fused-ring (bicyclic) bond motifs is 4. The lowest BCUT2D eigenvalue weighted by Crippen LogP contribution is -2.57. The zero-order valence-corrected chi connectivity index (χ0v) is 29.3. The van der Waals surface area contributed by atoms with Crippen LogP contribution in [0.15, 0.2) is 54.1 Å². The van der Waals surface area contributed by atoms with E-state index in [9.17, 15) is 24.6 Å². The molecule has 0 unspecified atom stereocenters. The number of benzene rings is 2. The van der Waals surface area contributed by atoms with Crippen LogP contribution in [-0.4, -0.2) is 96.0 Å². The lowest BCUT2D eigenvalue weighted by atomic mass is 9.75. The summed E-state index contributed by atoms with van der Waals surface area (Å²) in [6.07, 6.45) is 3.61. The summed E-state index contributed by atoms with van der Waals surface area (Å²) in [6, 6.07) is 12.2. The van der Waals surface area contributed by atoms with E-state index in [-0.39, 0.29) is 43.9 Å². The number of nitrogens with one attached hydrogen (secondary N) is 2. The highest BCUT2D eigenvalue weighted by molar-refractivity contribution is 5.96. The van der Waals surface area contributed by atoms with Gasteiger partial charge in [-0.15, -0.1) is 0 Å². The number of hydrogen-bond acceptors (Lipinski definition) is 8. The van der Waals surface area contributed by atoms with Gasteiger partial charge in [0.25, 0.3) is 0 Å². The Labute approximate surface area is 293 Å². The number of carbonyl (C=O) groups is 3. The average Bonchev–Trinajstić information content (AvgIpc) is 3.72. The summed E-state index contributed by atoms with van der Waals surface area (Å²) in [5.74, 6) is 0.387. The maximum Gasteiger partial charge on any atom is 0.249 e. The standard InChI is InChI=1S/C39H49N3O8/c1-22(2)27-10-9-23(3)15-32(27)49-21-34(45)42(13-11-26-18-25-7-5-6-8-30(25)41-26)31-19-29(39(47)40-12-14-43)35-28-16-24(20-44)17-33(48-4)37(28)50-38(35)36(31)46/h5-8,16-20,22-23,27,31-32,35-36,38,41,43,46H,9-15,21H2,1-4H3,(H,40,47)/t23-,27+,31+,32-,35-,36-,38-/m0/s1. The van der Waals surface area contributed by atoms with Crippen molar-refractivity contribution in [2.45, 2.75) is 76.7 Å². The van der Waals surface area contributed by atoms with Gasteiger partial charge in [0.15, 0.2) is 11.5 Å². The summed E-state index contributed by atoms with van der Waals surface area (Å²) in [4.78, 5) is 45.0. The van der Waals surface area contributed by atoms with Crippen LogP contribution in [0, 0.1) is 17.8 Å². The van der Waals surface area contributed by atoms with E-state index in [1.54, 1.807) is 23.1 Å². The van der Waals surface area contributed by atoms with Crippen LogP contribution in [-0.2, 0) is 20.7 Å². The van der Waals surface area contributed by atoms with Gasteiger partial charge in [-0.25, -0.2) is 0 Å². The molecule has 3 aliphatic rings. The molecule has 1 saturated carbocycles. The van der Waals surface area contributed by atoms with Crippen LogP contribution in [0.5, 0.6) is 11.5 Å². The van der Waals surface area contributed by atoms with Crippen molar-refractivity contribution < 1.29 is 38.8 Å². The Hall–Kier alpha value is -4.19. The van der Waals surface area contributed by atoms with Crippen LogP contribution in [0.1, 0.15) is 67.6 Å². The fourth-order valence-electron chi connectivity index (χ4n) is 8.08. The fourth-order valence-corrected chi connectivity index (χ4v) is 8.08. The van der Waals surface area contributed by atoms with Crippen LogP contribution in [0.25, 0.3) is 10.9 Å². The van der Waals surface area contributed by atoms with Gasteiger partial charge in [0.1, 0.15) is 25.1 Å². The van der Waals surface area contributed by atoms with Crippen molar-refractivity contribution in [3.63, 3.8) is 0 Å². The predicted molar refractivity (Wildman–Crippen MR) is 188 cm³/mol. The summed E-state index contributed by atoms with van der Waals surface area (Å²) in [5, 5.41) is 25.4. The molecule has 2 aliphatic carbocycles. The third-order valence-corrected chi connectivity index (χ3v) is 10.7. The van der Waals surface area contributed by atoms with Crippen molar-refractivity contribution in [1.82, 2.24) is 15.2 Å². The van der Waals surface area contributed by atoms with Crippen LogP contribution >= 0.6 is 0 Å². The van der Waals surface area contributed by atoms with E-state index in [2.05, 4.69) is 37.1 Å². The molecule has 6 rings (SSSR count).